The highest BCUT2D eigenvalue weighted by Gasteiger charge is 2.39. The number of nitrogens with two attached hydrogens (primary N) is 1. The summed E-state index contributed by atoms with van der Waals surface area (Å²) in [7, 11) is 0. The average Bonchev–Trinajstić information content (AvgIpc) is 2.60. The molecule has 1 heterocycles. The lowest BCUT2D eigenvalue weighted by Crippen LogP contribution is -2.29. The molecule has 3 atom stereocenters. The maximum absolute atomic E-state index is 5.48. The second-order valence-corrected chi connectivity index (χ2v) is 3.58. The van der Waals surface area contributed by atoms with Crippen LogP contribution in [-0.4, -0.2) is 0 Å². The zero-order chi connectivity index (χ0) is 8.55. The summed E-state index contributed by atoms with van der Waals surface area (Å²) in [5, 5.41) is 0. The Hall–Kier alpha value is -0.800. The van der Waals surface area contributed by atoms with Crippen molar-refractivity contribution < 1.29 is 4.42 Å². The van der Waals surface area contributed by atoms with Gasteiger partial charge in [-0.15, -0.1) is 0 Å². The van der Waals surface area contributed by atoms with E-state index in [1.165, 1.54) is 6.42 Å². The molecule has 0 radical (unpaired) electrons. The molecular weight excluding hydrogens is 152 g/mol. The monoisotopic (exact) mass is 166 g/mol. The van der Waals surface area contributed by atoms with Gasteiger partial charge in [0.25, 0.3) is 0 Å². The van der Waals surface area contributed by atoms with Gasteiger partial charge in [0.2, 0.25) is 0 Å². The smallest absolute Gasteiger partial charge is 0.0950 e. The Morgan fingerprint density at radius 3 is 2.92 bits per heavy atom. The van der Waals surface area contributed by atoms with E-state index in [1.807, 2.05) is 6.07 Å². The number of hydrazine groups is 1. The van der Waals surface area contributed by atoms with Gasteiger partial charge in [-0.25, -0.2) is 0 Å². The predicted octanol–water partition coefficient (Wildman–Crippen LogP) is 1.44. The van der Waals surface area contributed by atoms with Crippen LogP contribution in [0.15, 0.2) is 23.0 Å². The third-order valence-corrected chi connectivity index (χ3v) is 2.68. The van der Waals surface area contributed by atoms with Crippen molar-refractivity contribution in [1.29, 1.82) is 0 Å². The van der Waals surface area contributed by atoms with E-state index in [0.29, 0.717) is 5.92 Å². The zero-order valence-corrected chi connectivity index (χ0v) is 7.16. The van der Waals surface area contributed by atoms with Crippen molar-refractivity contribution >= 4 is 0 Å². The molecule has 3 unspecified atom stereocenters. The minimum atomic E-state index is 0.277. The van der Waals surface area contributed by atoms with Gasteiger partial charge in [-0.1, -0.05) is 6.92 Å². The van der Waals surface area contributed by atoms with Gasteiger partial charge in [-0.05, 0) is 24.3 Å². The first-order chi connectivity index (χ1) is 5.83. The van der Waals surface area contributed by atoms with Crippen LogP contribution >= 0.6 is 0 Å². The maximum atomic E-state index is 5.48. The Morgan fingerprint density at radius 1 is 1.75 bits per heavy atom. The number of hydrogen-bond donors (Lipinski definition) is 2. The molecule has 0 spiro atoms. The van der Waals surface area contributed by atoms with Crippen molar-refractivity contribution in [1.82, 2.24) is 5.43 Å². The quantitative estimate of drug-likeness (QED) is 0.527. The first-order valence-electron chi connectivity index (χ1n) is 4.31. The number of hydrogen-bond acceptors (Lipinski definition) is 3. The molecule has 0 bridgehead atoms. The van der Waals surface area contributed by atoms with Crippen LogP contribution in [0, 0.1) is 11.8 Å². The van der Waals surface area contributed by atoms with Crippen LogP contribution in [0.1, 0.15) is 24.9 Å². The molecule has 1 aliphatic carbocycles. The standard InChI is InChI=1S/C9H14N2O/c1-6-4-8(6)9(11-10)7-2-3-12-5-7/h2-3,5-6,8-9,11H,4,10H2,1H3. The molecule has 0 aliphatic heterocycles. The molecule has 1 aromatic rings. The summed E-state index contributed by atoms with van der Waals surface area (Å²) in [6, 6.07) is 2.24. The Balaban J connectivity index is 2.09. The molecule has 2 rings (SSSR count). The average molecular weight is 166 g/mol. The first kappa shape index (κ1) is 7.83. The lowest BCUT2D eigenvalue weighted by molar-refractivity contribution is 0.467. The lowest BCUT2D eigenvalue weighted by atomic mass is 10.1. The minimum absolute atomic E-state index is 0.277. The van der Waals surface area contributed by atoms with Crippen molar-refractivity contribution in [2.75, 3.05) is 0 Å². The van der Waals surface area contributed by atoms with Gasteiger partial charge in [-0.3, -0.25) is 11.3 Å². The minimum Gasteiger partial charge on any atom is -0.472 e. The molecule has 1 aromatic heterocycles. The zero-order valence-electron chi connectivity index (χ0n) is 7.16. The van der Waals surface area contributed by atoms with Crippen LogP contribution in [0.25, 0.3) is 0 Å². The highest BCUT2D eigenvalue weighted by Crippen LogP contribution is 2.46. The molecule has 0 saturated heterocycles. The number of furan rings is 1. The highest BCUT2D eigenvalue weighted by molar-refractivity contribution is 5.15. The van der Waals surface area contributed by atoms with E-state index < -0.39 is 0 Å². The van der Waals surface area contributed by atoms with Gasteiger partial charge in [0, 0.05) is 5.56 Å². The van der Waals surface area contributed by atoms with E-state index in [9.17, 15) is 0 Å². The van der Waals surface area contributed by atoms with E-state index >= 15 is 0 Å². The van der Waals surface area contributed by atoms with Crippen molar-refractivity contribution in [2.45, 2.75) is 19.4 Å². The SMILES string of the molecule is CC1CC1C(NN)c1ccoc1. The van der Waals surface area contributed by atoms with Crippen molar-refractivity contribution in [3.63, 3.8) is 0 Å². The number of nitrogens with one attached hydrogen (secondary N) is 1. The van der Waals surface area contributed by atoms with Crippen molar-refractivity contribution in [3.8, 4) is 0 Å². The van der Waals surface area contributed by atoms with Crippen LogP contribution in [0.5, 0.6) is 0 Å². The fourth-order valence-electron chi connectivity index (χ4n) is 1.73. The van der Waals surface area contributed by atoms with Gasteiger partial charge < -0.3 is 4.42 Å². The molecule has 66 valence electrons. The van der Waals surface area contributed by atoms with E-state index in [-0.39, 0.29) is 6.04 Å². The van der Waals surface area contributed by atoms with Gasteiger partial charge in [0.05, 0.1) is 18.6 Å². The molecule has 1 fully saturated rings. The molecule has 3 nitrogen and oxygen atoms in total. The summed E-state index contributed by atoms with van der Waals surface area (Å²) in [5.41, 5.74) is 4.00. The van der Waals surface area contributed by atoms with Crippen molar-refractivity contribution in [2.24, 2.45) is 17.7 Å². The van der Waals surface area contributed by atoms with E-state index in [4.69, 9.17) is 10.3 Å². The summed E-state index contributed by atoms with van der Waals surface area (Å²) in [6.07, 6.45) is 4.71. The number of rotatable bonds is 3. The first-order valence-corrected chi connectivity index (χ1v) is 4.31. The van der Waals surface area contributed by atoms with Crippen LogP contribution in [0.4, 0.5) is 0 Å². The summed E-state index contributed by atoms with van der Waals surface area (Å²) >= 11 is 0. The molecule has 1 saturated carbocycles. The topological polar surface area (TPSA) is 51.2 Å². The third-order valence-electron chi connectivity index (χ3n) is 2.68. The van der Waals surface area contributed by atoms with Crippen molar-refractivity contribution in [3.05, 3.63) is 24.2 Å². The van der Waals surface area contributed by atoms with E-state index in [2.05, 4.69) is 12.3 Å². The van der Waals surface area contributed by atoms with Crippen LogP contribution in [-0.2, 0) is 0 Å². The summed E-state index contributed by atoms with van der Waals surface area (Å²) < 4.78 is 5.01. The Morgan fingerprint density at radius 2 is 2.50 bits per heavy atom. The fraction of sp³-hybridized carbons (Fsp3) is 0.556. The normalized spacial score (nSPS) is 30.2. The molecular formula is C9H14N2O. The molecule has 1 aliphatic rings. The lowest BCUT2D eigenvalue weighted by Gasteiger charge is -2.12. The highest BCUT2D eigenvalue weighted by atomic mass is 16.3. The summed E-state index contributed by atoms with van der Waals surface area (Å²) in [5.74, 6) is 6.96. The summed E-state index contributed by atoms with van der Waals surface area (Å²) in [4.78, 5) is 0. The third kappa shape index (κ3) is 1.26. The predicted molar refractivity (Wildman–Crippen MR) is 46.0 cm³/mol. The summed E-state index contributed by atoms with van der Waals surface area (Å²) in [6.45, 7) is 2.25. The molecule has 3 heteroatoms. The van der Waals surface area contributed by atoms with Gasteiger partial charge in [0.15, 0.2) is 0 Å². The van der Waals surface area contributed by atoms with E-state index in [1.54, 1.807) is 12.5 Å². The fourth-order valence-corrected chi connectivity index (χ4v) is 1.73. The maximum Gasteiger partial charge on any atom is 0.0950 e. The Kier molecular flexibility index (Phi) is 1.90. The van der Waals surface area contributed by atoms with Gasteiger partial charge in [0.1, 0.15) is 0 Å². The van der Waals surface area contributed by atoms with Crippen LogP contribution in [0.3, 0.4) is 0 Å². The molecule has 0 aromatic carbocycles. The Labute approximate surface area is 71.9 Å². The van der Waals surface area contributed by atoms with Crippen LogP contribution in [0.2, 0.25) is 0 Å². The second kappa shape index (κ2) is 2.92. The van der Waals surface area contributed by atoms with Crippen LogP contribution < -0.4 is 11.3 Å². The van der Waals surface area contributed by atoms with Gasteiger partial charge in [-0.2, -0.15) is 0 Å². The van der Waals surface area contributed by atoms with Gasteiger partial charge >= 0.3 is 0 Å². The second-order valence-electron chi connectivity index (χ2n) is 3.58. The largest absolute Gasteiger partial charge is 0.472 e. The molecule has 3 N–H and O–H groups in total. The molecule has 12 heavy (non-hydrogen) atoms. The van der Waals surface area contributed by atoms with E-state index in [0.717, 1.165) is 11.5 Å². The molecule has 0 amide bonds. The Bertz CT molecular complexity index is 245.